The highest BCUT2D eigenvalue weighted by molar-refractivity contribution is 5.94. The van der Waals surface area contributed by atoms with Gasteiger partial charge in [-0.25, -0.2) is 4.98 Å². The number of aromatic amines is 1. The summed E-state index contributed by atoms with van der Waals surface area (Å²) < 4.78 is 0. The highest BCUT2D eigenvalue weighted by atomic mass is 16.2. The summed E-state index contributed by atoms with van der Waals surface area (Å²) in [5.74, 6) is -3.04. The van der Waals surface area contributed by atoms with Crippen molar-refractivity contribution in [2.75, 3.05) is 6.54 Å². The van der Waals surface area contributed by atoms with Gasteiger partial charge in [0.1, 0.15) is 6.04 Å². The van der Waals surface area contributed by atoms with Crippen LogP contribution in [0, 0.1) is 5.92 Å². The van der Waals surface area contributed by atoms with E-state index < -0.39 is 41.8 Å². The number of amides is 3. The first kappa shape index (κ1) is 33.5. The molecule has 4 atom stereocenters. The molecule has 0 aliphatic heterocycles. The number of nitrogens with zero attached hydrogens (tertiary/aromatic N) is 2. The Kier molecular flexibility index (Phi) is 13.1. The van der Waals surface area contributed by atoms with E-state index in [-0.39, 0.29) is 50.4 Å². The molecule has 1 heterocycles. The lowest BCUT2D eigenvalue weighted by Gasteiger charge is -2.24. The molecule has 0 aliphatic rings. The van der Waals surface area contributed by atoms with Crippen LogP contribution < -0.4 is 33.6 Å². The van der Waals surface area contributed by atoms with E-state index in [9.17, 15) is 19.2 Å². The second-order valence-electron chi connectivity index (χ2n) is 10.6. The maximum atomic E-state index is 13.7. The Morgan fingerprint density at radius 1 is 0.818 bits per heavy atom. The van der Waals surface area contributed by atoms with Crippen molar-refractivity contribution in [2.24, 2.45) is 33.8 Å². The molecule has 3 amide bonds. The van der Waals surface area contributed by atoms with Crippen LogP contribution in [-0.4, -0.2) is 64.1 Å². The van der Waals surface area contributed by atoms with Crippen LogP contribution in [0.1, 0.15) is 36.1 Å². The quantitative estimate of drug-likeness (QED) is 0.0585. The first-order valence-electron chi connectivity index (χ1n) is 14.4. The second-order valence-corrected chi connectivity index (χ2v) is 10.6. The van der Waals surface area contributed by atoms with Crippen LogP contribution in [0.2, 0.25) is 0 Å². The van der Waals surface area contributed by atoms with E-state index in [1.54, 1.807) is 0 Å². The number of rotatable bonds is 18. The van der Waals surface area contributed by atoms with Crippen molar-refractivity contribution in [1.82, 2.24) is 20.6 Å². The fourth-order valence-electron chi connectivity index (χ4n) is 4.73. The van der Waals surface area contributed by atoms with Gasteiger partial charge in [-0.15, -0.1) is 0 Å². The summed E-state index contributed by atoms with van der Waals surface area (Å²) in [5, 5.41) is 5.48. The minimum absolute atomic E-state index is 0.0828. The number of Topliss-reactive ketones (excluding diaryl/α,β-unsaturated/α-hetero) is 1. The molecule has 0 fully saturated rings. The molecule has 0 aliphatic carbocycles. The number of carbonyl (C=O) groups is 4. The Bertz CT molecular complexity index is 1380. The minimum Gasteiger partial charge on any atom is -0.370 e. The summed E-state index contributed by atoms with van der Waals surface area (Å²) in [5.41, 5.74) is 25.0. The third-order valence-electron chi connectivity index (χ3n) is 7.07. The van der Waals surface area contributed by atoms with Gasteiger partial charge in [0.15, 0.2) is 11.7 Å². The summed E-state index contributed by atoms with van der Waals surface area (Å²) >= 11 is 0. The first-order valence-corrected chi connectivity index (χ1v) is 14.4. The molecule has 0 unspecified atom stereocenters. The molecule has 13 nitrogen and oxygen atoms in total. The molecule has 2 aromatic carbocycles. The number of aromatic nitrogens is 2. The van der Waals surface area contributed by atoms with Gasteiger partial charge in [-0.2, -0.15) is 0 Å². The van der Waals surface area contributed by atoms with E-state index in [0.717, 1.165) is 11.1 Å². The molecule has 0 saturated heterocycles. The Morgan fingerprint density at radius 3 is 2.00 bits per heavy atom. The van der Waals surface area contributed by atoms with Gasteiger partial charge < -0.3 is 38.6 Å². The lowest BCUT2D eigenvalue weighted by atomic mass is 9.89. The molecule has 13 heteroatoms. The van der Waals surface area contributed by atoms with Crippen LogP contribution in [0.15, 0.2) is 78.2 Å². The average molecular weight is 604 g/mol. The van der Waals surface area contributed by atoms with Gasteiger partial charge in [0.05, 0.1) is 18.4 Å². The molecule has 1 aromatic heterocycles. The molecule has 0 spiro atoms. The SMILES string of the molecule is NC(=O)[C@H](Cc1cnc[nH]1)NC(=O)[C@@H](CC(=O)[C@@H](CCCN=C(N)N)NC(=O)[C@@H](N)Cc1ccccc1)Cc1ccccc1. The Morgan fingerprint density at radius 2 is 1.43 bits per heavy atom. The number of hydrogen-bond donors (Lipinski definition) is 7. The number of guanidine groups is 1. The van der Waals surface area contributed by atoms with E-state index in [4.69, 9.17) is 22.9 Å². The fourth-order valence-corrected chi connectivity index (χ4v) is 4.73. The van der Waals surface area contributed by atoms with Gasteiger partial charge in [0.25, 0.3) is 0 Å². The van der Waals surface area contributed by atoms with Gasteiger partial charge in [-0.05, 0) is 36.8 Å². The lowest BCUT2D eigenvalue weighted by Crippen LogP contribution is -2.51. The largest absolute Gasteiger partial charge is 0.370 e. The monoisotopic (exact) mass is 603 g/mol. The number of nitrogens with one attached hydrogen (secondary N) is 3. The number of carbonyl (C=O) groups excluding carboxylic acids is 4. The van der Waals surface area contributed by atoms with Gasteiger partial charge in [0.2, 0.25) is 17.7 Å². The molecule has 3 aromatic rings. The smallest absolute Gasteiger partial charge is 0.240 e. The summed E-state index contributed by atoms with van der Waals surface area (Å²) in [6.07, 6.45) is 4.01. The third kappa shape index (κ3) is 11.3. The van der Waals surface area contributed by atoms with Gasteiger partial charge in [-0.3, -0.25) is 24.2 Å². The molecule has 3 rings (SSSR count). The number of hydrogen-bond acceptors (Lipinski definition) is 7. The van der Waals surface area contributed by atoms with E-state index in [0.29, 0.717) is 12.1 Å². The number of H-pyrrole nitrogens is 1. The Balaban J connectivity index is 1.77. The average Bonchev–Trinajstić information content (AvgIpc) is 3.52. The van der Waals surface area contributed by atoms with Crippen LogP contribution in [-0.2, 0) is 38.4 Å². The first-order chi connectivity index (χ1) is 21.1. The molecular weight excluding hydrogens is 562 g/mol. The van der Waals surface area contributed by atoms with Crippen molar-refractivity contribution in [3.05, 3.63) is 90.0 Å². The Labute approximate surface area is 256 Å². The minimum atomic E-state index is -1.03. The van der Waals surface area contributed by atoms with Crippen molar-refractivity contribution in [2.45, 2.75) is 56.7 Å². The standard InChI is InChI=1S/C31H41N9O4/c32-24(15-21-10-5-2-6-11-21)30(44)39-25(12-7-13-37-31(34)35)27(41)16-22(14-20-8-3-1-4-9-20)29(43)40-26(28(33)42)17-23-18-36-19-38-23/h1-6,8-11,18-19,22,24-26H,7,12-17,32H2,(H2,33,42)(H,36,38)(H,39,44)(H,40,43)(H4,34,35,37)/t22-,24+,25-,26+/m1/s1. The van der Waals surface area contributed by atoms with Gasteiger partial charge >= 0.3 is 0 Å². The van der Waals surface area contributed by atoms with Crippen molar-refractivity contribution in [3.63, 3.8) is 0 Å². The highest BCUT2D eigenvalue weighted by Crippen LogP contribution is 2.17. The van der Waals surface area contributed by atoms with Gasteiger partial charge in [-0.1, -0.05) is 60.7 Å². The number of aliphatic imine (C=N–C) groups is 1. The van der Waals surface area contributed by atoms with E-state index in [1.807, 2.05) is 60.7 Å². The molecular formula is C31H41N9O4. The predicted molar refractivity (Wildman–Crippen MR) is 167 cm³/mol. The van der Waals surface area contributed by atoms with Crippen LogP contribution in [0.3, 0.4) is 0 Å². The molecule has 0 saturated carbocycles. The van der Waals surface area contributed by atoms with Crippen LogP contribution in [0.25, 0.3) is 0 Å². The molecule has 234 valence electrons. The maximum absolute atomic E-state index is 13.7. The summed E-state index contributed by atoms with van der Waals surface area (Å²) in [6, 6.07) is 15.6. The fraction of sp³-hybridized carbons (Fsp3) is 0.355. The molecule has 0 bridgehead atoms. The van der Waals surface area contributed by atoms with Crippen LogP contribution in [0.5, 0.6) is 0 Å². The molecule has 44 heavy (non-hydrogen) atoms. The lowest BCUT2D eigenvalue weighted by molar-refractivity contribution is -0.133. The number of nitrogens with two attached hydrogens (primary N) is 4. The summed E-state index contributed by atoms with van der Waals surface area (Å²) in [6.45, 7) is 0.250. The van der Waals surface area contributed by atoms with Crippen molar-refractivity contribution < 1.29 is 19.2 Å². The highest BCUT2D eigenvalue weighted by Gasteiger charge is 2.31. The van der Waals surface area contributed by atoms with Gasteiger partial charge in [0, 0.05) is 37.2 Å². The summed E-state index contributed by atoms with van der Waals surface area (Å²) in [7, 11) is 0. The number of imidazole rings is 1. The zero-order chi connectivity index (χ0) is 31.9. The third-order valence-corrected chi connectivity index (χ3v) is 7.07. The van der Waals surface area contributed by atoms with E-state index >= 15 is 0 Å². The topological polar surface area (TPSA) is 237 Å². The zero-order valence-corrected chi connectivity index (χ0v) is 24.5. The second kappa shape index (κ2) is 17.2. The number of primary amides is 1. The van der Waals surface area contributed by atoms with Crippen molar-refractivity contribution >= 4 is 29.5 Å². The summed E-state index contributed by atoms with van der Waals surface area (Å²) in [4.78, 5) is 63.4. The van der Waals surface area contributed by atoms with Crippen LogP contribution >= 0.6 is 0 Å². The van der Waals surface area contributed by atoms with Crippen LogP contribution in [0.4, 0.5) is 0 Å². The van der Waals surface area contributed by atoms with E-state index in [1.165, 1.54) is 12.5 Å². The number of benzene rings is 2. The zero-order valence-electron chi connectivity index (χ0n) is 24.5. The number of ketones is 1. The molecule has 0 radical (unpaired) electrons. The normalized spacial score (nSPS) is 13.6. The van der Waals surface area contributed by atoms with Crippen molar-refractivity contribution in [1.29, 1.82) is 0 Å². The van der Waals surface area contributed by atoms with Crippen molar-refractivity contribution in [3.8, 4) is 0 Å². The maximum Gasteiger partial charge on any atom is 0.240 e. The predicted octanol–water partition coefficient (Wildman–Crippen LogP) is -0.151. The molecule has 11 N–H and O–H groups in total. The Hall–Kier alpha value is -5.04. The van der Waals surface area contributed by atoms with E-state index in [2.05, 4.69) is 25.6 Å².